The van der Waals surface area contributed by atoms with E-state index >= 15 is 0 Å². The third-order valence-electron chi connectivity index (χ3n) is 2.37. The molecule has 3 N–H and O–H groups in total. The van der Waals surface area contributed by atoms with E-state index in [2.05, 4.69) is 0 Å². The number of rotatable bonds is 4. The number of aryl methyl sites for hydroxylation is 1. The van der Waals surface area contributed by atoms with Gasteiger partial charge in [-0.3, -0.25) is 0 Å². The summed E-state index contributed by atoms with van der Waals surface area (Å²) in [6, 6.07) is 4.60. The summed E-state index contributed by atoms with van der Waals surface area (Å²) in [4.78, 5) is 0.145. The third-order valence-corrected chi connectivity index (χ3v) is 4.23. The molecule has 0 heterocycles. The van der Waals surface area contributed by atoms with Crippen molar-refractivity contribution in [1.29, 1.82) is 0 Å². The Hall–Kier alpha value is -1.11. The molecule has 90 valence electrons. The van der Waals surface area contributed by atoms with Gasteiger partial charge in [-0.2, -0.15) is 4.31 Å². The predicted molar refractivity (Wildman–Crippen MR) is 62.5 cm³/mol. The average Bonchev–Trinajstić information content (AvgIpc) is 2.22. The van der Waals surface area contributed by atoms with Gasteiger partial charge in [-0.25, -0.2) is 8.42 Å². The van der Waals surface area contributed by atoms with Gasteiger partial charge in [-0.05, 0) is 24.6 Å². The molecule has 0 bridgehead atoms. The number of sulfonamides is 1. The van der Waals surface area contributed by atoms with Crippen LogP contribution in [0.15, 0.2) is 23.1 Å². The van der Waals surface area contributed by atoms with Crippen molar-refractivity contribution in [2.75, 3.05) is 25.9 Å². The van der Waals surface area contributed by atoms with Crippen molar-refractivity contribution >= 4 is 15.7 Å². The maximum absolute atomic E-state index is 11.9. The molecule has 0 radical (unpaired) electrons. The summed E-state index contributed by atoms with van der Waals surface area (Å²) in [6.07, 6.45) is 0. The van der Waals surface area contributed by atoms with Crippen molar-refractivity contribution in [3.05, 3.63) is 23.8 Å². The van der Waals surface area contributed by atoms with Crippen LogP contribution in [0.2, 0.25) is 0 Å². The van der Waals surface area contributed by atoms with E-state index in [-0.39, 0.29) is 18.0 Å². The van der Waals surface area contributed by atoms with Crippen LogP contribution in [0.1, 0.15) is 5.56 Å². The van der Waals surface area contributed by atoms with Crippen molar-refractivity contribution in [1.82, 2.24) is 4.31 Å². The molecule has 0 aromatic heterocycles. The molecule has 0 unspecified atom stereocenters. The molecule has 5 nitrogen and oxygen atoms in total. The summed E-state index contributed by atoms with van der Waals surface area (Å²) in [5.74, 6) is 0. The summed E-state index contributed by atoms with van der Waals surface area (Å²) in [7, 11) is -2.13. The minimum atomic E-state index is -3.55. The van der Waals surface area contributed by atoms with Gasteiger partial charge >= 0.3 is 0 Å². The molecule has 1 aromatic rings. The molecule has 16 heavy (non-hydrogen) atoms. The second-order valence-electron chi connectivity index (χ2n) is 3.57. The van der Waals surface area contributed by atoms with Gasteiger partial charge in [0.15, 0.2) is 0 Å². The highest BCUT2D eigenvalue weighted by Gasteiger charge is 2.20. The molecule has 0 amide bonds. The van der Waals surface area contributed by atoms with Gasteiger partial charge in [0, 0.05) is 19.3 Å². The first-order chi connectivity index (χ1) is 7.39. The van der Waals surface area contributed by atoms with Crippen LogP contribution in [0.5, 0.6) is 0 Å². The van der Waals surface area contributed by atoms with Crippen LogP contribution in [-0.4, -0.2) is 38.0 Å². The van der Waals surface area contributed by atoms with Crippen molar-refractivity contribution < 1.29 is 13.5 Å². The molecule has 6 heteroatoms. The molecule has 0 spiro atoms. The minimum absolute atomic E-state index is 0.0656. The first-order valence-corrected chi connectivity index (χ1v) is 6.27. The van der Waals surface area contributed by atoms with E-state index in [1.165, 1.54) is 19.2 Å². The number of aliphatic hydroxyl groups is 1. The summed E-state index contributed by atoms with van der Waals surface area (Å²) < 4.78 is 25.0. The number of nitrogen functional groups attached to an aromatic ring is 1. The monoisotopic (exact) mass is 244 g/mol. The van der Waals surface area contributed by atoms with E-state index in [1.807, 2.05) is 6.92 Å². The van der Waals surface area contributed by atoms with Gasteiger partial charge in [-0.1, -0.05) is 6.07 Å². The molecule has 1 rings (SSSR count). The van der Waals surface area contributed by atoms with Crippen LogP contribution >= 0.6 is 0 Å². The van der Waals surface area contributed by atoms with Crippen molar-refractivity contribution in [2.45, 2.75) is 11.8 Å². The lowest BCUT2D eigenvalue weighted by Crippen LogP contribution is -2.29. The first-order valence-electron chi connectivity index (χ1n) is 4.83. The maximum Gasteiger partial charge on any atom is 0.242 e. The topological polar surface area (TPSA) is 83.6 Å². The van der Waals surface area contributed by atoms with Gasteiger partial charge in [0.25, 0.3) is 0 Å². The Morgan fingerprint density at radius 1 is 1.44 bits per heavy atom. The average molecular weight is 244 g/mol. The van der Waals surface area contributed by atoms with E-state index < -0.39 is 10.0 Å². The van der Waals surface area contributed by atoms with Crippen LogP contribution in [0.25, 0.3) is 0 Å². The zero-order valence-electron chi connectivity index (χ0n) is 9.34. The van der Waals surface area contributed by atoms with Crippen LogP contribution < -0.4 is 5.73 Å². The SMILES string of the molecule is Cc1ccc(S(=O)(=O)N(C)CCO)cc1N. The highest BCUT2D eigenvalue weighted by molar-refractivity contribution is 7.89. The lowest BCUT2D eigenvalue weighted by atomic mass is 10.2. The van der Waals surface area contributed by atoms with E-state index in [9.17, 15) is 8.42 Å². The second-order valence-corrected chi connectivity index (χ2v) is 5.61. The zero-order chi connectivity index (χ0) is 12.3. The normalized spacial score (nSPS) is 12.0. The number of benzene rings is 1. The predicted octanol–water partition coefficient (Wildman–Crippen LogP) is 0.190. The quantitative estimate of drug-likeness (QED) is 0.741. The number of nitrogens with two attached hydrogens (primary N) is 1. The van der Waals surface area contributed by atoms with Crippen LogP contribution in [0, 0.1) is 6.92 Å². The number of hydrogen-bond donors (Lipinski definition) is 2. The van der Waals surface area contributed by atoms with E-state index in [1.54, 1.807) is 6.07 Å². The third kappa shape index (κ3) is 2.52. The standard InChI is InChI=1S/C10H16N2O3S/c1-8-3-4-9(7-10(8)11)16(14,15)12(2)5-6-13/h3-4,7,13H,5-6,11H2,1-2H3. The van der Waals surface area contributed by atoms with Gasteiger partial charge < -0.3 is 10.8 Å². The fourth-order valence-corrected chi connectivity index (χ4v) is 2.42. The smallest absolute Gasteiger partial charge is 0.242 e. The number of aliphatic hydroxyl groups excluding tert-OH is 1. The first kappa shape index (κ1) is 13.0. The molecule has 0 atom stereocenters. The fourth-order valence-electron chi connectivity index (χ4n) is 1.22. The molecule has 0 saturated carbocycles. The van der Waals surface area contributed by atoms with Gasteiger partial charge in [0.1, 0.15) is 0 Å². The Bertz CT molecular complexity index is 471. The van der Waals surface area contributed by atoms with Crippen molar-refractivity contribution in [2.24, 2.45) is 0 Å². The lowest BCUT2D eigenvalue weighted by Gasteiger charge is -2.16. The van der Waals surface area contributed by atoms with E-state index in [4.69, 9.17) is 10.8 Å². The largest absolute Gasteiger partial charge is 0.398 e. The minimum Gasteiger partial charge on any atom is -0.398 e. The Morgan fingerprint density at radius 3 is 2.56 bits per heavy atom. The Morgan fingerprint density at radius 2 is 2.06 bits per heavy atom. The molecular formula is C10H16N2O3S. The molecule has 0 aliphatic carbocycles. The fraction of sp³-hybridized carbons (Fsp3) is 0.400. The molecule has 0 aliphatic heterocycles. The second kappa shape index (κ2) is 4.82. The molecular weight excluding hydrogens is 228 g/mol. The van der Waals surface area contributed by atoms with Crippen molar-refractivity contribution in [3.63, 3.8) is 0 Å². The number of likely N-dealkylation sites (N-methyl/N-ethyl adjacent to an activating group) is 1. The van der Waals surface area contributed by atoms with Crippen LogP contribution in [0.3, 0.4) is 0 Å². The zero-order valence-corrected chi connectivity index (χ0v) is 10.2. The summed E-state index contributed by atoms with van der Waals surface area (Å²) in [5, 5.41) is 8.71. The summed E-state index contributed by atoms with van der Waals surface area (Å²) in [5.41, 5.74) is 6.94. The highest BCUT2D eigenvalue weighted by atomic mass is 32.2. The van der Waals surface area contributed by atoms with Crippen LogP contribution in [-0.2, 0) is 10.0 Å². The van der Waals surface area contributed by atoms with Crippen LogP contribution in [0.4, 0.5) is 5.69 Å². The summed E-state index contributed by atoms with van der Waals surface area (Å²) in [6.45, 7) is 1.66. The summed E-state index contributed by atoms with van der Waals surface area (Å²) >= 11 is 0. The Balaban J connectivity index is 3.12. The molecule has 0 aliphatic rings. The molecule has 1 aromatic carbocycles. The highest BCUT2D eigenvalue weighted by Crippen LogP contribution is 2.19. The van der Waals surface area contributed by atoms with E-state index in [0.29, 0.717) is 5.69 Å². The van der Waals surface area contributed by atoms with Gasteiger partial charge in [0.05, 0.1) is 11.5 Å². The number of anilines is 1. The number of hydrogen-bond acceptors (Lipinski definition) is 4. The van der Waals surface area contributed by atoms with Crippen molar-refractivity contribution in [3.8, 4) is 0 Å². The lowest BCUT2D eigenvalue weighted by molar-refractivity contribution is 0.266. The molecule has 0 fully saturated rings. The van der Waals surface area contributed by atoms with Gasteiger partial charge in [-0.15, -0.1) is 0 Å². The molecule has 0 saturated heterocycles. The van der Waals surface area contributed by atoms with Gasteiger partial charge in [0.2, 0.25) is 10.0 Å². The van der Waals surface area contributed by atoms with E-state index in [0.717, 1.165) is 9.87 Å². The maximum atomic E-state index is 11.9. The Labute approximate surface area is 95.5 Å². The Kier molecular flexibility index (Phi) is 3.90. The number of nitrogens with zero attached hydrogens (tertiary/aromatic N) is 1.